The standard InChI is InChI=1S/C16H22N2/c1-3-7-15(8-4-1)13-17-12-9-16(14-17)18-10-5-2-6-11-18/h1-5,7-8,16H,6,9-14H2. The molecule has 2 heteroatoms. The highest BCUT2D eigenvalue weighted by Gasteiger charge is 2.27. The quantitative estimate of drug-likeness (QED) is 0.752. The molecule has 1 unspecified atom stereocenters. The van der Waals surface area contributed by atoms with E-state index in [4.69, 9.17) is 0 Å². The normalized spacial score (nSPS) is 25.7. The summed E-state index contributed by atoms with van der Waals surface area (Å²) in [5.41, 5.74) is 1.44. The Balaban J connectivity index is 1.54. The van der Waals surface area contributed by atoms with Crippen molar-refractivity contribution in [3.05, 3.63) is 48.0 Å². The average molecular weight is 242 g/mol. The third-order valence-corrected chi connectivity index (χ3v) is 4.10. The second-order valence-corrected chi connectivity index (χ2v) is 5.42. The first kappa shape index (κ1) is 11.9. The van der Waals surface area contributed by atoms with Crippen LogP contribution in [0.15, 0.2) is 42.5 Å². The Bertz CT molecular complexity index is 399. The fraction of sp³-hybridized carbons (Fsp3) is 0.500. The van der Waals surface area contributed by atoms with E-state index in [1.165, 1.54) is 38.0 Å². The molecule has 0 bridgehead atoms. The molecule has 2 aliphatic heterocycles. The van der Waals surface area contributed by atoms with Crippen molar-refractivity contribution >= 4 is 0 Å². The molecule has 96 valence electrons. The monoisotopic (exact) mass is 242 g/mol. The van der Waals surface area contributed by atoms with Gasteiger partial charge in [0, 0.05) is 38.8 Å². The predicted molar refractivity (Wildman–Crippen MR) is 75.5 cm³/mol. The van der Waals surface area contributed by atoms with Crippen LogP contribution in [0.5, 0.6) is 0 Å². The minimum Gasteiger partial charge on any atom is -0.297 e. The van der Waals surface area contributed by atoms with E-state index in [1.54, 1.807) is 0 Å². The molecule has 2 nitrogen and oxygen atoms in total. The van der Waals surface area contributed by atoms with Gasteiger partial charge in [0.05, 0.1) is 0 Å². The van der Waals surface area contributed by atoms with Crippen molar-refractivity contribution in [3.63, 3.8) is 0 Å². The smallest absolute Gasteiger partial charge is 0.0238 e. The molecular formula is C16H22N2. The zero-order chi connectivity index (χ0) is 12.2. The molecule has 0 radical (unpaired) electrons. The minimum absolute atomic E-state index is 0.777. The van der Waals surface area contributed by atoms with Crippen LogP contribution in [-0.4, -0.2) is 42.0 Å². The highest BCUT2D eigenvalue weighted by atomic mass is 15.2. The molecule has 0 aliphatic carbocycles. The summed E-state index contributed by atoms with van der Waals surface area (Å²) in [7, 11) is 0. The molecule has 18 heavy (non-hydrogen) atoms. The lowest BCUT2D eigenvalue weighted by Crippen LogP contribution is -2.39. The SMILES string of the molecule is C1=CCN(C2CCN(Cc3ccccc3)C2)CC1. The summed E-state index contributed by atoms with van der Waals surface area (Å²) in [5, 5.41) is 0. The Labute approximate surface area is 110 Å². The van der Waals surface area contributed by atoms with Crippen LogP contribution in [0.3, 0.4) is 0 Å². The first-order chi connectivity index (χ1) is 8.92. The molecule has 0 N–H and O–H groups in total. The number of benzene rings is 1. The van der Waals surface area contributed by atoms with Crippen LogP contribution in [0.2, 0.25) is 0 Å². The Morgan fingerprint density at radius 1 is 1.06 bits per heavy atom. The first-order valence-corrected chi connectivity index (χ1v) is 7.07. The molecule has 1 fully saturated rings. The molecule has 1 saturated heterocycles. The number of hydrogen-bond donors (Lipinski definition) is 0. The van der Waals surface area contributed by atoms with E-state index in [0.29, 0.717) is 0 Å². The van der Waals surface area contributed by atoms with Crippen LogP contribution in [0, 0.1) is 0 Å². The molecule has 0 amide bonds. The fourth-order valence-electron chi connectivity index (χ4n) is 3.09. The molecule has 1 aromatic carbocycles. The van der Waals surface area contributed by atoms with Crippen molar-refractivity contribution < 1.29 is 0 Å². The molecule has 0 aromatic heterocycles. The van der Waals surface area contributed by atoms with Gasteiger partial charge < -0.3 is 0 Å². The Hall–Kier alpha value is -1.12. The number of rotatable bonds is 3. The predicted octanol–water partition coefficient (Wildman–Crippen LogP) is 2.52. The lowest BCUT2D eigenvalue weighted by atomic mass is 10.1. The second-order valence-electron chi connectivity index (χ2n) is 5.42. The van der Waals surface area contributed by atoms with Gasteiger partial charge in [0.15, 0.2) is 0 Å². The van der Waals surface area contributed by atoms with Crippen molar-refractivity contribution in [2.45, 2.75) is 25.4 Å². The zero-order valence-electron chi connectivity index (χ0n) is 11.0. The minimum atomic E-state index is 0.777. The molecule has 0 spiro atoms. The van der Waals surface area contributed by atoms with Crippen molar-refractivity contribution in [2.24, 2.45) is 0 Å². The lowest BCUT2D eigenvalue weighted by molar-refractivity contribution is 0.206. The molecule has 2 heterocycles. The van der Waals surface area contributed by atoms with Gasteiger partial charge in [0.25, 0.3) is 0 Å². The van der Waals surface area contributed by atoms with Gasteiger partial charge in [-0.2, -0.15) is 0 Å². The Kier molecular flexibility index (Phi) is 3.77. The van der Waals surface area contributed by atoms with Gasteiger partial charge in [-0.05, 0) is 18.4 Å². The molecule has 2 aliphatic rings. The maximum atomic E-state index is 2.64. The van der Waals surface area contributed by atoms with Crippen molar-refractivity contribution in [1.29, 1.82) is 0 Å². The van der Waals surface area contributed by atoms with Crippen LogP contribution >= 0.6 is 0 Å². The van der Waals surface area contributed by atoms with Crippen LogP contribution < -0.4 is 0 Å². The van der Waals surface area contributed by atoms with Crippen LogP contribution in [0.1, 0.15) is 18.4 Å². The highest BCUT2D eigenvalue weighted by molar-refractivity contribution is 5.14. The van der Waals surface area contributed by atoms with Crippen LogP contribution in [0.25, 0.3) is 0 Å². The van der Waals surface area contributed by atoms with Gasteiger partial charge in [0.2, 0.25) is 0 Å². The summed E-state index contributed by atoms with van der Waals surface area (Å²) in [6.07, 6.45) is 7.20. The van der Waals surface area contributed by atoms with Gasteiger partial charge >= 0.3 is 0 Å². The number of likely N-dealkylation sites (tertiary alicyclic amines) is 1. The Morgan fingerprint density at radius 3 is 2.72 bits per heavy atom. The lowest BCUT2D eigenvalue weighted by Gasteiger charge is -2.29. The molecule has 0 saturated carbocycles. The van der Waals surface area contributed by atoms with Crippen LogP contribution in [0.4, 0.5) is 0 Å². The van der Waals surface area contributed by atoms with E-state index >= 15 is 0 Å². The summed E-state index contributed by atoms with van der Waals surface area (Å²) >= 11 is 0. The van der Waals surface area contributed by atoms with Gasteiger partial charge in [-0.15, -0.1) is 0 Å². The van der Waals surface area contributed by atoms with Gasteiger partial charge in [0.1, 0.15) is 0 Å². The third-order valence-electron chi connectivity index (χ3n) is 4.10. The van der Waals surface area contributed by atoms with Gasteiger partial charge in [-0.3, -0.25) is 9.80 Å². The summed E-state index contributed by atoms with van der Waals surface area (Å²) in [6, 6.07) is 11.6. The largest absolute Gasteiger partial charge is 0.297 e. The highest BCUT2D eigenvalue weighted by Crippen LogP contribution is 2.19. The van der Waals surface area contributed by atoms with E-state index in [9.17, 15) is 0 Å². The van der Waals surface area contributed by atoms with E-state index in [1.807, 2.05) is 0 Å². The first-order valence-electron chi connectivity index (χ1n) is 7.07. The second kappa shape index (κ2) is 5.68. The summed E-state index contributed by atoms with van der Waals surface area (Å²) in [6.45, 7) is 6.01. The molecule has 1 atom stereocenters. The maximum absolute atomic E-state index is 2.64. The van der Waals surface area contributed by atoms with Crippen molar-refractivity contribution in [1.82, 2.24) is 9.80 Å². The van der Waals surface area contributed by atoms with E-state index in [0.717, 1.165) is 19.1 Å². The fourth-order valence-corrected chi connectivity index (χ4v) is 3.09. The van der Waals surface area contributed by atoms with Crippen molar-refractivity contribution in [2.75, 3.05) is 26.2 Å². The van der Waals surface area contributed by atoms with Gasteiger partial charge in [-0.25, -0.2) is 0 Å². The van der Waals surface area contributed by atoms with E-state index < -0.39 is 0 Å². The zero-order valence-corrected chi connectivity index (χ0v) is 11.0. The molecular weight excluding hydrogens is 220 g/mol. The topological polar surface area (TPSA) is 6.48 Å². The van der Waals surface area contributed by atoms with E-state index in [-0.39, 0.29) is 0 Å². The molecule has 3 rings (SSSR count). The Morgan fingerprint density at radius 2 is 1.94 bits per heavy atom. The van der Waals surface area contributed by atoms with Crippen LogP contribution in [-0.2, 0) is 6.54 Å². The maximum Gasteiger partial charge on any atom is 0.0238 e. The van der Waals surface area contributed by atoms with Crippen molar-refractivity contribution in [3.8, 4) is 0 Å². The van der Waals surface area contributed by atoms with E-state index in [2.05, 4.69) is 52.3 Å². The van der Waals surface area contributed by atoms with Gasteiger partial charge in [-0.1, -0.05) is 42.5 Å². The summed E-state index contributed by atoms with van der Waals surface area (Å²) < 4.78 is 0. The number of hydrogen-bond acceptors (Lipinski definition) is 2. The third kappa shape index (κ3) is 2.82. The molecule has 1 aromatic rings. The summed E-state index contributed by atoms with van der Waals surface area (Å²) in [5.74, 6) is 0. The number of nitrogens with zero attached hydrogens (tertiary/aromatic N) is 2. The summed E-state index contributed by atoms with van der Waals surface area (Å²) in [4.78, 5) is 5.24. The average Bonchev–Trinajstić information content (AvgIpc) is 2.89.